The fourth-order valence-corrected chi connectivity index (χ4v) is 4.41. The van der Waals surface area contributed by atoms with Crippen molar-refractivity contribution >= 4 is 17.3 Å². The van der Waals surface area contributed by atoms with Gasteiger partial charge in [0.1, 0.15) is 5.75 Å². The molecule has 5 nitrogen and oxygen atoms in total. The van der Waals surface area contributed by atoms with Gasteiger partial charge in [0.15, 0.2) is 0 Å². The van der Waals surface area contributed by atoms with Crippen molar-refractivity contribution in [2.45, 2.75) is 38.0 Å². The number of nitrogens with one attached hydrogen (secondary N) is 3. The summed E-state index contributed by atoms with van der Waals surface area (Å²) in [5.74, 6) is 1.69. The summed E-state index contributed by atoms with van der Waals surface area (Å²) in [7, 11) is 1.77. The molecule has 0 saturated heterocycles. The molecule has 2 aromatic rings. The predicted molar refractivity (Wildman–Crippen MR) is 113 cm³/mol. The van der Waals surface area contributed by atoms with E-state index >= 15 is 0 Å². The quantitative estimate of drug-likeness (QED) is 0.642. The summed E-state index contributed by atoms with van der Waals surface area (Å²) in [6, 6.07) is 12.7. The normalized spacial score (nSPS) is 17.9. The highest BCUT2D eigenvalue weighted by atomic mass is 16.5. The molecule has 1 amide bonds. The SMILES string of the molecule is COc1cccc2c1CCCC2CCNCCc1ccc2c(c1)NCC(=O)N2. The number of carbonyl (C=O) groups is 1. The lowest BCUT2D eigenvalue weighted by Crippen LogP contribution is -2.27. The van der Waals surface area contributed by atoms with Gasteiger partial charge in [-0.1, -0.05) is 18.2 Å². The van der Waals surface area contributed by atoms with Gasteiger partial charge in [0.25, 0.3) is 0 Å². The van der Waals surface area contributed by atoms with Gasteiger partial charge in [0.2, 0.25) is 5.91 Å². The van der Waals surface area contributed by atoms with E-state index in [9.17, 15) is 4.79 Å². The Hall–Kier alpha value is -2.53. The third-order valence-corrected chi connectivity index (χ3v) is 5.87. The molecule has 1 atom stereocenters. The molecule has 0 aromatic heterocycles. The number of benzene rings is 2. The van der Waals surface area contributed by atoms with Crippen LogP contribution in [0.25, 0.3) is 0 Å². The number of amides is 1. The van der Waals surface area contributed by atoms with Crippen LogP contribution in [0.4, 0.5) is 11.4 Å². The maximum atomic E-state index is 11.4. The van der Waals surface area contributed by atoms with Crippen LogP contribution in [0.15, 0.2) is 36.4 Å². The molecule has 28 heavy (non-hydrogen) atoms. The number of methoxy groups -OCH3 is 1. The molecule has 148 valence electrons. The summed E-state index contributed by atoms with van der Waals surface area (Å²) in [5, 5.41) is 9.67. The van der Waals surface area contributed by atoms with Crippen molar-refractivity contribution in [1.82, 2.24) is 5.32 Å². The second-order valence-corrected chi connectivity index (χ2v) is 7.69. The first-order valence-corrected chi connectivity index (χ1v) is 10.3. The summed E-state index contributed by atoms with van der Waals surface area (Å²) in [4.78, 5) is 11.4. The number of anilines is 2. The van der Waals surface area contributed by atoms with Gasteiger partial charge in [-0.3, -0.25) is 4.79 Å². The van der Waals surface area contributed by atoms with Crippen LogP contribution in [0.2, 0.25) is 0 Å². The largest absolute Gasteiger partial charge is 0.496 e. The molecule has 1 aliphatic heterocycles. The summed E-state index contributed by atoms with van der Waals surface area (Å²) in [5.41, 5.74) is 6.07. The Morgan fingerprint density at radius 1 is 1.18 bits per heavy atom. The minimum absolute atomic E-state index is 0.0174. The van der Waals surface area contributed by atoms with Crippen molar-refractivity contribution in [1.29, 1.82) is 0 Å². The van der Waals surface area contributed by atoms with Crippen LogP contribution in [-0.2, 0) is 17.6 Å². The van der Waals surface area contributed by atoms with Gasteiger partial charge in [-0.2, -0.15) is 0 Å². The van der Waals surface area contributed by atoms with Gasteiger partial charge in [0.05, 0.1) is 25.0 Å². The molecule has 5 heteroatoms. The predicted octanol–water partition coefficient (Wildman–Crippen LogP) is 3.70. The summed E-state index contributed by atoms with van der Waals surface area (Å²) in [6.45, 7) is 2.34. The summed E-state index contributed by atoms with van der Waals surface area (Å²) in [6.07, 6.45) is 5.80. The molecule has 2 aromatic carbocycles. The molecule has 2 aliphatic rings. The molecule has 0 fully saturated rings. The molecule has 3 N–H and O–H groups in total. The Kier molecular flexibility index (Phi) is 5.81. The molecule has 1 heterocycles. The summed E-state index contributed by atoms with van der Waals surface area (Å²) >= 11 is 0. The zero-order valence-corrected chi connectivity index (χ0v) is 16.5. The Balaban J connectivity index is 1.26. The van der Waals surface area contributed by atoms with Crippen molar-refractivity contribution < 1.29 is 9.53 Å². The number of hydrogen-bond donors (Lipinski definition) is 3. The number of rotatable bonds is 7. The highest BCUT2D eigenvalue weighted by Gasteiger charge is 2.22. The molecule has 4 rings (SSSR count). The minimum atomic E-state index is 0.0174. The molecular weight excluding hydrogens is 350 g/mol. The van der Waals surface area contributed by atoms with Gasteiger partial charge < -0.3 is 20.7 Å². The zero-order chi connectivity index (χ0) is 19.3. The van der Waals surface area contributed by atoms with E-state index in [1.807, 2.05) is 6.07 Å². The Morgan fingerprint density at radius 2 is 2.11 bits per heavy atom. The fourth-order valence-electron chi connectivity index (χ4n) is 4.41. The molecule has 1 aliphatic carbocycles. The number of carbonyl (C=O) groups excluding carboxylic acids is 1. The lowest BCUT2D eigenvalue weighted by atomic mass is 9.80. The van der Waals surface area contributed by atoms with Gasteiger partial charge in [-0.05, 0) is 86.0 Å². The van der Waals surface area contributed by atoms with Crippen LogP contribution in [0.5, 0.6) is 5.75 Å². The van der Waals surface area contributed by atoms with Crippen LogP contribution < -0.4 is 20.7 Å². The molecule has 0 bridgehead atoms. The highest BCUT2D eigenvalue weighted by molar-refractivity contribution is 6.00. The molecular formula is C23H29N3O2. The van der Waals surface area contributed by atoms with Crippen molar-refractivity contribution in [2.75, 3.05) is 37.4 Å². The average molecular weight is 380 g/mol. The Bertz CT molecular complexity index is 850. The van der Waals surface area contributed by atoms with Gasteiger partial charge in [-0.25, -0.2) is 0 Å². The molecule has 0 saturated carbocycles. The van der Waals surface area contributed by atoms with E-state index in [1.54, 1.807) is 7.11 Å². The minimum Gasteiger partial charge on any atom is -0.496 e. The van der Waals surface area contributed by atoms with Gasteiger partial charge in [0, 0.05) is 0 Å². The van der Waals surface area contributed by atoms with E-state index in [0.29, 0.717) is 12.5 Å². The van der Waals surface area contributed by atoms with Gasteiger partial charge >= 0.3 is 0 Å². The van der Waals surface area contributed by atoms with E-state index in [1.165, 1.54) is 29.5 Å². The molecule has 0 radical (unpaired) electrons. The second kappa shape index (κ2) is 8.65. The van der Waals surface area contributed by atoms with E-state index in [4.69, 9.17) is 4.74 Å². The first-order chi connectivity index (χ1) is 13.7. The fraction of sp³-hybridized carbons (Fsp3) is 0.435. The van der Waals surface area contributed by atoms with E-state index in [2.05, 4.69) is 46.3 Å². The average Bonchev–Trinajstić information content (AvgIpc) is 2.73. The van der Waals surface area contributed by atoms with Crippen molar-refractivity contribution in [3.05, 3.63) is 53.1 Å². The van der Waals surface area contributed by atoms with E-state index in [-0.39, 0.29) is 5.91 Å². The van der Waals surface area contributed by atoms with Gasteiger partial charge in [-0.15, -0.1) is 0 Å². The first kappa shape index (κ1) is 18.8. The van der Waals surface area contributed by atoms with Crippen LogP contribution in [0.1, 0.15) is 41.9 Å². The van der Waals surface area contributed by atoms with Crippen LogP contribution >= 0.6 is 0 Å². The number of fused-ring (bicyclic) bond motifs is 2. The smallest absolute Gasteiger partial charge is 0.243 e. The van der Waals surface area contributed by atoms with Crippen molar-refractivity contribution in [2.24, 2.45) is 0 Å². The monoisotopic (exact) mass is 379 g/mol. The van der Waals surface area contributed by atoms with E-state index < -0.39 is 0 Å². The summed E-state index contributed by atoms with van der Waals surface area (Å²) < 4.78 is 5.55. The number of hydrogen-bond acceptors (Lipinski definition) is 4. The van der Waals surface area contributed by atoms with Crippen molar-refractivity contribution in [3.63, 3.8) is 0 Å². The molecule has 1 unspecified atom stereocenters. The lowest BCUT2D eigenvalue weighted by Gasteiger charge is -2.27. The third-order valence-electron chi connectivity index (χ3n) is 5.87. The zero-order valence-electron chi connectivity index (χ0n) is 16.5. The van der Waals surface area contributed by atoms with Crippen LogP contribution in [0, 0.1) is 0 Å². The van der Waals surface area contributed by atoms with Crippen LogP contribution in [-0.4, -0.2) is 32.7 Å². The third kappa shape index (κ3) is 4.14. The van der Waals surface area contributed by atoms with E-state index in [0.717, 1.165) is 49.5 Å². The second-order valence-electron chi connectivity index (χ2n) is 7.69. The standard InChI is InChI=1S/C23H29N3O2/c1-28-22-7-3-5-18-17(4-2-6-19(18)22)11-13-24-12-10-16-8-9-20-21(14-16)25-15-23(27)26-20/h3,5,7-9,14,17,24-25H,2,4,6,10-13,15H2,1H3,(H,26,27). The number of ether oxygens (including phenoxy) is 1. The Morgan fingerprint density at radius 3 is 3.00 bits per heavy atom. The highest BCUT2D eigenvalue weighted by Crippen LogP contribution is 2.38. The van der Waals surface area contributed by atoms with Crippen LogP contribution in [0.3, 0.4) is 0 Å². The topological polar surface area (TPSA) is 62.4 Å². The molecule has 0 spiro atoms. The van der Waals surface area contributed by atoms with Crippen molar-refractivity contribution in [3.8, 4) is 5.75 Å². The maximum Gasteiger partial charge on any atom is 0.243 e. The first-order valence-electron chi connectivity index (χ1n) is 10.3. The lowest BCUT2D eigenvalue weighted by molar-refractivity contribution is -0.114. The Labute approximate surface area is 166 Å². The maximum absolute atomic E-state index is 11.4.